The average molecular weight is 267 g/mol. The van der Waals surface area contributed by atoms with Crippen molar-refractivity contribution in [1.82, 2.24) is 0 Å². The van der Waals surface area contributed by atoms with Crippen LogP contribution in [0, 0.1) is 6.92 Å². The molecule has 1 rings (SSSR count). The first kappa shape index (κ1) is 15.5. The van der Waals surface area contributed by atoms with Crippen molar-refractivity contribution in [3.63, 3.8) is 0 Å². The number of carboxylic acids is 1. The highest BCUT2D eigenvalue weighted by molar-refractivity contribution is 5.67. The van der Waals surface area contributed by atoms with E-state index < -0.39 is 12.1 Å². The number of aliphatic carboxylic acids is 1. The molecular weight excluding hydrogens is 246 g/mol. The maximum Gasteiger partial charge on any atom is 0.305 e. The van der Waals surface area contributed by atoms with Gasteiger partial charge in [0.1, 0.15) is 0 Å². The standard InChI is InChI=1S/C14H21NO4/c1-11-3-5-12(6-4-11)15(8-7-14(17)18)9-13(16)10-19-2/h3-6,13,16H,7-10H2,1-2H3,(H,17,18). The summed E-state index contributed by atoms with van der Waals surface area (Å²) in [6.07, 6.45) is -0.604. The molecule has 0 radical (unpaired) electrons. The maximum atomic E-state index is 10.7. The van der Waals surface area contributed by atoms with Crippen LogP contribution in [0.2, 0.25) is 0 Å². The fourth-order valence-corrected chi connectivity index (χ4v) is 1.81. The van der Waals surface area contributed by atoms with Gasteiger partial charge in [-0.25, -0.2) is 0 Å². The van der Waals surface area contributed by atoms with Gasteiger partial charge in [-0.2, -0.15) is 0 Å². The Morgan fingerprint density at radius 3 is 2.53 bits per heavy atom. The molecule has 0 aliphatic rings. The van der Waals surface area contributed by atoms with Crippen LogP contribution in [0.15, 0.2) is 24.3 Å². The Morgan fingerprint density at radius 1 is 1.37 bits per heavy atom. The van der Waals surface area contributed by atoms with Crippen LogP contribution >= 0.6 is 0 Å². The van der Waals surface area contributed by atoms with Gasteiger partial charge in [0.05, 0.1) is 19.1 Å². The van der Waals surface area contributed by atoms with E-state index in [9.17, 15) is 9.90 Å². The third-order valence-electron chi connectivity index (χ3n) is 2.78. The number of aliphatic hydroxyl groups excluding tert-OH is 1. The predicted octanol–water partition coefficient (Wildman–Crippen LogP) is 1.28. The van der Waals surface area contributed by atoms with Crippen molar-refractivity contribution < 1.29 is 19.7 Å². The quantitative estimate of drug-likeness (QED) is 0.742. The highest BCUT2D eigenvalue weighted by atomic mass is 16.5. The van der Waals surface area contributed by atoms with Gasteiger partial charge in [0.15, 0.2) is 0 Å². The summed E-state index contributed by atoms with van der Waals surface area (Å²) in [5, 5.41) is 18.6. The molecule has 5 heteroatoms. The number of nitrogens with zero attached hydrogens (tertiary/aromatic N) is 1. The Bertz CT molecular complexity index is 391. The van der Waals surface area contributed by atoms with Crippen molar-refractivity contribution in [2.75, 3.05) is 31.7 Å². The van der Waals surface area contributed by atoms with E-state index in [-0.39, 0.29) is 13.0 Å². The van der Waals surface area contributed by atoms with Gasteiger partial charge in [-0.15, -0.1) is 0 Å². The van der Waals surface area contributed by atoms with Gasteiger partial charge in [0, 0.05) is 25.9 Å². The highest BCUT2D eigenvalue weighted by Gasteiger charge is 2.13. The fraction of sp³-hybridized carbons (Fsp3) is 0.500. The monoisotopic (exact) mass is 267 g/mol. The molecule has 0 amide bonds. The molecule has 1 aromatic rings. The Labute approximate surface area is 113 Å². The number of methoxy groups -OCH3 is 1. The molecular formula is C14H21NO4. The number of rotatable bonds is 8. The lowest BCUT2D eigenvalue weighted by molar-refractivity contribution is -0.136. The van der Waals surface area contributed by atoms with Crippen molar-refractivity contribution in [3.8, 4) is 0 Å². The van der Waals surface area contributed by atoms with E-state index in [2.05, 4.69) is 0 Å². The third kappa shape index (κ3) is 5.72. The molecule has 0 fully saturated rings. The van der Waals surface area contributed by atoms with Crippen LogP contribution in [0.5, 0.6) is 0 Å². The number of ether oxygens (including phenoxy) is 1. The molecule has 0 heterocycles. The van der Waals surface area contributed by atoms with E-state index in [4.69, 9.17) is 9.84 Å². The molecule has 1 aromatic carbocycles. The first-order valence-electron chi connectivity index (χ1n) is 6.23. The molecule has 0 saturated carbocycles. The Hall–Kier alpha value is -1.59. The van der Waals surface area contributed by atoms with E-state index in [1.54, 1.807) is 0 Å². The van der Waals surface area contributed by atoms with Crippen LogP contribution in [0.25, 0.3) is 0 Å². The Balaban J connectivity index is 2.72. The fourth-order valence-electron chi connectivity index (χ4n) is 1.81. The number of carbonyl (C=O) groups is 1. The van der Waals surface area contributed by atoms with Crippen LogP contribution in [-0.2, 0) is 9.53 Å². The van der Waals surface area contributed by atoms with Gasteiger partial charge in [-0.1, -0.05) is 17.7 Å². The van der Waals surface area contributed by atoms with Crippen molar-refractivity contribution in [1.29, 1.82) is 0 Å². The summed E-state index contributed by atoms with van der Waals surface area (Å²) in [4.78, 5) is 12.5. The first-order chi connectivity index (χ1) is 9.02. The average Bonchev–Trinajstić information content (AvgIpc) is 2.35. The van der Waals surface area contributed by atoms with Crippen LogP contribution in [0.4, 0.5) is 5.69 Å². The maximum absolute atomic E-state index is 10.7. The smallest absolute Gasteiger partial charge is 0.305 e. The van der Waals surface area contributed by atoms with Crippen LogP contribution in [0.3, 0.4) is 0 Å². The van der Waals surface area contributed by atoms with Crippen LogP contribution in [0.1, 0.15) is 12.0 Å². The molecule has 106 valence electrons. The molecule has 0 aliphatic heterocycles. The van der Waals surface area contributed by atoms with Gasteiger partial charge in [0.2, 0.25) is 0 Å². The van der Waals surface area contributed by atoms with E-state index >= 15 is 0 Å². The number of carboxylic acid groups (broad SMARTS) is 1. The summed E-state index contributed by atoms with van der Waals surface area (Å²) in [7, 11) is 1.52. The lowest BCUT2D eigenvalue weighted by atomic mass is 10.2. The van der Waals surface area contributed by atoms with E-state index in [0.717, 1.165) is 11.3 Å². The zero-order chi connectivity index (χ0) is 14.3. The summed E-state index contributed by atoms with van der Waals surface area (Å²) in [6.45, 7) is 2.93. The number of anilines is 1. The molecule has 0 aliphatic carbocycles. The lowest BCUT2D eigenvalue weighted by Crippen LogP contribution is -2.36. The first-order valence-corrected chi connectivity index (χ1v) is 6.23. The normalized spacial score (nSPS) is 12.2. The van der Waals surface area contributed by atoms with Gasteiger partial charge < -0.3 is 19.8 Å². The summed E-state index contributed by atoms with van der Waals surface area (Å²) in [6, 6.07) is 7.78. The van der Waals surface area contributed by atoms with Gasteiger partial charge >= 0.3 is 5.97 Å². The minimum Gasteiger partial charge on any atom is -0.481 e. The third-order valence-corrected chi connectivity index (χ3v) is 2.78. The molecule has 19 heavy (non-hydrogen) atoms. The minimum atomic E-state index is -0.849. The molecule has 0 bridgehead atoms. The van der Waals surface area contributed by atoms with Crippen LogP contribution in [-0.4, -0.2) is 49.1 Å². The predicted molar refractivity (Wildman–Crippen MR) is 73.5 cm³/mol. The van der Waals surface area contributed by atoms with Crippen molar-refractivity contribution >= 4 is 11.7 Å². The molecule has 0 spiro atoms. The zero-order valence-corrected chi connectivity index (χ0v) is 11.4. The van der Waals surface area contributed by atoms with Crippen molar-refractivity contribution in [3.05, 3.63) is 29.8 Å². The Morgan fingerprint density at radius 2 is 2.00 bits per heavy atom. The molecule has 1 atom stereocenters. The molecule has 1 unspecified atom stereocenters. The molecule has 5 nitrogen and oxygen atoms in total. The van der Waals surface area contributed by atoms with Gasteiger partial charge in [0.25, 0.3) is 0 Å². The van der Waals surface area contributed by atoms with Crippen molar-refractivity contribution in [2.45, 2.75) is 19.4 Å². The lowest BCUT2D eigenvalue weighted by Gasteiger charge is -2.26. The second-order valence-electron chi connectivity index (χ2n) is 4.53. The minimum absolute atomic E-state index is 0.0353. The van der Waals surface area contributed by atoms with E-state index in [0.29, 0.717) is 13.1 Å². The zero-order valence-electron chi connectivity index (χ0n) is 11.4. The summed E-state index contributed by atoms with van der Waals surface area (Å²) < 4.78 is 4.89. The number of benzene rings is 1. The summed E-state index contributed by atoms with van der Waals surface area (Å²) >= 11 is 0. The number of aryl methyl sites for hydroxylation is 1. The Kier molecular flexibility index (Phi) is 6.32. The van der Waals surface area contributed by atoms with Gasteiger partial charge in [-0.3, -0.25) is 4.79 Å². The van der Waals surface area contributed by atoms with E-state index in [1.165, 1.54) is 7.11 Å². The van der Waals surface area contributed by atoms with Crippen molar-refractivity contribution in [2.24, 2.45) is 0 Å². The number of hydrogen-bond acceptors (Lipinski definition) is 4. The van der Waals surface area contributed by atoms with Crippen LogP contribution < -0.4 is 4.90 Å². The topological polar surface area (TPSA) is 70.0 Å². The second-order valence-corrected chi connectivity index (χ2v) is 4.53. The van der Waals surface area contributed by atoms with E-state index in [1.807, 2.05) is 36.1 Å². The summed E-state index contributed by atoms with van der Waals surface area (Å²) in [5.74, 6) is -0.849. The number of hydrogen-bond donors (Lipinski definition) is 2. The second kappa shape index (κ2) is 7.76. The highest BCUT2D eigenvalue weighted by Crippen LogP contribution is 2.16. The SMILES string of the molecule is COCC(O)CN(CCC(=O)O)c1ccc(C)cc1. The molecule has 0 aromatic heterocycles. The summed E-state index contributed by atoms with van der Waals surface area (Å²) in [5.41, 5.74) is 2.04. The largest absolute Gasteiger partial charge is 0.481 e. The molecule has 2 N–H and O–H groups in total. The number of aliphatic hydroxyl groups is 1. The molecule has 0 saturated heterocycles. The van der Waals surface area contributed by atoms with Gasteiger partial charge in [-0.05, 0) is 19.1 Å².